The van der Waals surface area contributed by atoms with E-state index in [9.17, 15) is 9.59 Å². The minimum Gasteiger partial charge on any atom is -0.410 e. The second kappa shape index (κ2) is 7.34. The van der Waals surface area contributed by atoms with Crippen LogP contribution >= 0.6 is 0 Å². The van der Waals surface area contributed by atoms with Crippen molar-refractivity contribution in [1.29, 1.82) is 0 Å². The Balaban J connectivity index is 1.76. The Labute approximate surface area is 143 Å². The Morgan fingerprint density at radius 3 is 2.58 bits per heavy atom. The lowest BCUT2D eigenvalue weighted by Gasteiger charge is -2.44. The molecule has 1 aromatic rings. The third-order valence-corrected chi connectivity index (χ3v) is 5.30. The summed E-state index contributed by atoms with van der Waals surface area (Å²) in [5.41, 5.74) is -0.744. The minimum absolute atomic E-state index is 0.0429. The van der Waals surface area contributed by atoms with Gasteiger partial charge < -0.3 is 10.1 Å². The maximum atomic E-state index is 13.2. The van der Waals surface area contributed by atoms with Gasteiger partial charge >= 0.3 is 6.09 Å². The van der Waals surface area contributed by atoms with Gasteiger partial charge in [-0.25, -0.2) is 4.79 Å². The molecule has 1 unspecified atom stereocenters. The Bertz CT molecular complexity index is 584. The number of para-hydroxylation sites is 1. The van der Waals surface area contributed by atoms with Gasteiger partial charge in [0.15, 0.2) is 5.78 Å². The average molecular weight is 330 g/mol. The number of piperidine rings is 2. The van der Waals surface area contributed by atoms with Crippen LogP contribution in [0.4, 0.5) is 4.79 Å². The van der Waals surface area contributed by atoms with Crippen molar-refractivity contribution in [3.8, 4) is 5.75 Å². The van der Waals surface area contributed by atoms with Crippen molar-refractivity contribution in [3.05, 3.63) is 30.3 Å². The first-order valence-electron chi connectivity index (χ1n) is 8.91. The van der Waals surface area contributed by atoms with Gasteiger partial charge in [0.05, 0.1) is 0 Å². The maximum absolute atomic E-state index is 13.2. The summed E-state index contributed by atoms with van der Waals surface area (Å²) in [6.07, 6.45) is 3.91. The van der Waals surface area contributed by atoms with E-state index >= 15 is 0 Å². The number of nitrogens with one attached hydrogen (secondary N) is 1. The van der Waals surface area contributed by atoms with E-state index in [4.69, 9.17) is 4.74 Å². The summed E-state index contributed by atoms with van der Waals surface area (Å²) < 4.78 is 5.51. The van der Waals surface area contributed by atoms with E-state index in [0.717, 1.165) is 45.2 Å². The second-order valence-electron chi connectivity index (χ2n) is 6.95. The second-order valence-corrected chi connectivity index (χ2v) is 6.95. The number of carbonyl (C=O) groups excluding carboxylic acids is 2. The number of nitrogens with zero attached hydrogens (tertiary/aromatic N) is 1. The highest BCUT2D eigenvalue weighted by molar-refractivity contribution is 5.93. The van der Waals surface area contributed by atoms with Gasteiger partial charge in [-0.15, -0.1) is 0 Å². The van der Waals surface area contributed by atoms with E-state index in [-0.39, 0.29) is 11.7 Å². The number of hydrogen-bond acceptors (Lipinski definition) is 4. The molecular formula is C19H26N2O3. The summed E-state index contributed by atoms with van der Waals surface area (Å²) in [6, 6.07) is 9.06. The lowest BCUT2D eigenvalue weighted by molar-refractivity contribution is -0.136. The van der Waals surface area contributed by atoms with Crippen molar-refractivity contribution in [2.75, 3.05) is 19.6 Å². The van der Waals surface area contributed by atoms with Gasteiger partial charge in [-0.2, -0.15) is 0 Å². The molecule has 130 valence electrons. The fourth-order valence-electron chi connectivity index (χ4n) is 3.84. The number of ketones is 1. The molecule has 0 saturated carbocycles. The van der Waals surface area contributed by atoms with E-state index < -0.39 is 11.6 Å². The normalized spacial score (nSPS) is 25.3. The van der Waals surface area contributed by atoms with E-state index in [2.05, 4.69) is 5.32 Å². The average Bonchev–Trinajstić information content (AvgIpc) is 2.63. The molecule has 5 nitrogen and oxygen atoms in total. The number of ether oxygens (including phenoxy) is 1. The molecule has 1 aromatic carbocycles. The van der Waals surface area contributed by atoms with Crippen LogP contribution in [-0.4, -0.2) is 41.9 Å². The third-order valence-electron chi connectivity index (χ3n) is 5.30. The number of likely N-dealkylation sites (tertiary alicyclic amines) is 1. The van der Waals surface area contributed by atoms with E-state index in [0.29, 0.717) is 12.3 Å². The Morgan fingerprint density at radius 1 is 1.17 bits per heavy atom. The first kappa shape index (κ1) is 17.0. The van der Waals surface area contributed by atoms with Crippen LogP contribution < -0.4 is 10.1 Å². The molecule has 0 radical (unpaired) electrons. The Hall–Kier alpha value is -1.88. The summed E-state index contributed by atoms with van der Waals surface area (Å²) in [4.78, 5) is 27.5. The van der Waals surface area contributed by atoms with Crippen LogP contribution in [0.15, 0.2) is 30.3 Å². The molecule has 2 aliphatic rings. The lowest BCUT2D eigenvalue weighted by Crippen LogP contribution is -2.60. The number of hydrogen-bond donors (Lipinski definition) is 1. The molecule has 0 spiro atoms. The predicted octanol–water partition coefficient (Wildman–Crippen LogP) is 3.00. The standard InChI is InChI=1S/C19H26N2O3/c1-19(17(22)15-9-12-20-13-10-15)11-5-6-14-21(19)18(23)24-16-7-3-2-4-8-16/h2-4,7-8,15,20H,5-6,9-14H2,1H3. The topological polar surface area (TPSA) is 58.6 Å². The molecule has 2 aliphatic heterocycles. The van der Waals surface area contributed by atoms with Crippen LogP contribution in [0.25, 0.3) is 0 Å². The molecule has 0 bridgehead atoms. The first-order chi connectivity index (χ1) is 11.6. The molecule has 2 fully saturated rings. The zero-order valence-electron chi connectivity index (χ0n) is 14.3. The molecular weight excluding hydrogens is 304 g/mol. The fourth-order valence-corrected chi connectivity index (χ4v) is 3.84. The van der Waals surface area contributed by atoms with Crippen molar-refractivity contribution in [2.24, 2.45) is 5.92 Å². The van der Waals surface area contributed by atoms with Gasteiger partial charge in [0.25, 0.3) is 0 Å². The van der Waals surface area contributed by atoms with Gasteiger partial charge in [0.2, 0.25) is 0 Å². The van der Waals surface area contributed by atoms with Crippen molar-refractivity contribution < 1.29 is 14.3 Å². The van der Waals surface area contributed by atoms with E-state index in [1.54, 1.807) is 17.0 Å². The summed E-state index contributed by atoms with van der Waals surface area (Å²) in [5.74, 6) is 0.764. The quantitative estimate of drug-likeness (QED) is 0.925. The van der Waals surface area contributed by atoms with Gasteiger partial charge in [0, 0.05) is 12.5 Å². The molecule has 1 atom stereocenters. The molecule has 1 N–H and O–H groups in total. The van der Waals surface area contributed by atoms with Gasteiger partial charge in [-0.3, -0.25) is 9.69 Å². The summed E-state index contributed by atoms with van der Waals surface area (Å²) in [6.45, 7) is 4.25. The first-order valence-corrected chi connectivity index (χ1v) is 8.91. The molecule has 2 saturated heterocycles. The van der Waals surface area contributed by atoms with E-state index in [1.807, 2.05) is 25.1 Å². The Kier molecular flexibility index (Phi) is 5.19. The summed E-state index contributed by atoms with van der Waals surface area (Å²) in [7, 11) is 0. The molecule has 1 amide bonds. The molecule has 5 heteroatoms. The summed E-state index contributed by atoms with van der Waals surface area (Å²) in [5, 5.41) is 3.29. The zero-order valence-corrected chi connectivity index (χ0v) is 14.3. The van der Waals surface area contributed by atoms with Crippen molar-refractivity contribution >= 4 is 11.9 Å². The van der Waals surface area contributed by atoms with Crippen LogP contribution in [0, 0.1) is 5.92 Å². The predicted molar refractivity (Wildman–Crippen MR) is 92.0 cm³/mol. The van der Waals surface area contributed by atoms with Crippen molar-refractivity contribution in [3.63, 3.8) is 0 Å². The highest BCUT2D eigenvalue weighted by Crippen LogP contribution is 2.34. The number of rotatable bonds is 3. The minimum atomic E-state index is -0.744. The van der Waals surface area contributed by atoms with Crippen LogP contribution in [0.2, 0.25) is 0 Å². The van der Waals surface area contributed by atoms with Gasteiger partial charge in [0.1, 0.15) is 11.3 Å². The number of benzene rings is 1. The largest absolute Gasteiger partial charge is 0.416 e. The monoisotopic (exact) mass is 330 g/mol. The van der Waals surface area contributed by atoms with Crippen LogP contribution in [0.5, 0.6) is 5.75 Å². The molecule has 3 rings (SSSR count). The number of Topliss-reactive ketones (excluding diaryl/α,β-unsaturated/α-hetero) is 1. The maximum Gasteiger partial charge on any atom is 0.416 e. The Morgan fingerprint density at radius 2 is 1.88 bits per heavy atom. The fraction of sp³-hybridized carbons (Fsp3) is 0.579. The highest BCUT2D eigenvalue weighted by Gasteiger charge is 2.46. The number of carbonyl (C=O) groups is 2. The molecule has 24 heavy (non-hydrogen) atoms. The van der Waals surface area contributed by atoms with Gasteiger partial charge in [-0.05, 0) is 64.3 Å². The van der Waals surface area contributed by atoms with E-state index in [1.165, 1.54) is 0 Å². The lowest BCUT2D eigenvalue weighted by atomic mass is 9.77. The van der Waals surface area contributed by atoms with Crippen molar-refractivity contribution in [2.45, 2.75) is 44.6 Å². The molecule has 0 aromatic heterocycles. The number of amides is 1. The third kappa shape index (κ3) is 3.46. The van der Waals surface area contributed by atoms with Crippen molar-refractivity contribution in [1.82, 2.24) is 10.2 Å². The van der Waals surface area contributed by atoms with Crippen LogP contribution in [0.1, 0.15) is 39.0 Å². The summed E-state index contributed by atoms with van der Waals surface area (Å²) >= 11 is 0. The van der Waals surface area contributed by atoms with Crippen LogP contribution in [0.3, 0.4) is 0 Å². The van der Waals surface area contributed by atoms with Gasteiger partial charge in [-0.1, -0.05) is 18.2 Å². The highest BCUT2D eigenvalue weighted by atomic mass is 16.6. The van der Waals surface area contributed by atoms with Crippen LogP contribution in [-0.2, 0) is 4.79 Å². The SMILES string of the molecule is CC1(C(=O)C2CCNCC2)CCCCN1C(=O)Oc1ccccc1. The molecule has 2 heterocycles. The smallest absolute Gasteiger partial charge is 0.410 e. The molecule has 0 aliphatic carbocycles. The zero-order chi connectivity index (χ0) is 17.0.